The second kappa shape index (κ2) is 4.87. The molecule has 1 saturated heterocycles. The Kier molecular flexibility index (Phi) is 3.42. The molecule has 0 bridgehead atoms. The molecule has 0 aromatic rings. The molecule has 2 saturated carbocycles. The summed E-state index contributed by atoms with van der Waals surface area (Å²) < 4.78 is 11.7. The normalized spacial score (nSPS) is 40.4. The highest BCUT2D eigenvalue weighted by Gasteiger charge is 2.55. The number of ether oxygens (including phenoxy) is 2. The monoisotopic (exact) mass is 239 g/mol. The first-order valence-corrected chi connectivity index (χ1v) is 7.25. The van der Waals surface area contributed by atoms with Crippen molar-refractivity contribution in [1.82, 2.24) is 5.32 Å². The first kappa shape index (κ1) is 11.9. The first-order chi connectivity index (χ1) is 8.35. The summed E-state index contributed by atoms with van der Waals surface area (Å²) in [6.45, 7) is 1.71. The molecule has 98 valence electrons. The zero-order chi connectivity index (χ0) is 11.7. The summed E-state index contributed by atoms with van der Waals surface area (Å²) in [5.41, 5.74) is 0.454. The van der Waals surface area contributed by atoms with Gasteiger partial charge in [0.1, 0.15) is 0 Å². The Hall–Kier alpha value is -0.120. The lowest BCUT2D eigenvalue weighted by Crippen LogP contribution is -2.64. The quantitative estimate of drug-likeness (QED) is 0.818. The van der Waals surface area contributed by atoms with Gasteiger partial charge in [-0.25, -0.2) is 0 Å². The van der Waals surface area contributed by atoms with Crippen LogP contribution >= 0.6 is 0 Å². The van der Waals surface area contributed by atoms with Crippen molar-refractivity contribution in [2.75, 3.05) is 20.3 Å². The average molecular weight is 239 g/mol. The number of nitrogens with one attached hydrogen (secondary N) is 1. The van der Waals surface area contributed by atoms with E-state index in [2.05, 4.69) is 12.4 Å². The van der Waals surface area contributed by atoms with Crippen molar-refractivity contribution in [3.05, 3.63) is 0 Å². The van der Waals surface area contributed by atoms with Crippen LogP contribution in [0.1, 0.15) is 44.9 Å². The van der Waals surface area contributed by atoms with Gasteiger partial charge in [0, 0.05) is 18.1 Å². The van der Waals surface area contributed by atoms with Gasteiger partial charge in [0.05, 0.1) is 18.8 Å². The highest BCUT2D eigenvalue weighted by atomic mass is 16.6. The van der Waals surface area contributed by atoms with Gasteiger partial charge in [-0.1, -0.05) is 19.3 Å². The maximum atomic E-state index is 6.31. The third kappa shape index (κ3) is 2.02. The van der Waals surface area contributed by atoms with Gasteiger partial charge in [0.2, 0.25) is 0 Å². The Morgan fingerprint density at radius 2 is 2.06 bits per heavy atom. The molecule has 0 aromatic heterocycles. The molecule has 3 unspecified atom stereocenters. The van der Waals surface area contributed by atoms with Gasteiger partial charge in [-0.15, -0.1) is 0 Å². The maximum Gasteiger partial charge on any atom is 0.0834 e. The summed E-state index contributed by atoms with van der Waals surface area (Å²) in [6, 6.07) is 0.690. The summed E-state index contributed by atoms with van der Waals surface area (Å²) >= 11 is 0. The van der Waals surface area contributed by atoms with Crippen LogP contribution in [0.4, 0.5) is 0 Å². The zero-order valence-electron chi connectivity index (χ0n) is 10.9. The third-order valence-corrected chi connectivity index (χ3v) is 5.16. The van der Waals surface area contributed by atoms with Crippen LogP contribution in [0, 0.1) is 5.41 Å². The highest BCUT2D eigenvalue weighted by Crippen LogP contribution is 2.53. The van der Waals surface area contributed by atoms with E-state index in [4.69, 9.17) is 9.47 Å². The standard InChI is InChI=1S/C14H25NO2/c1-15-12-9-13(17-11-5-8-16-10-11)14(12)6-3-2-4-7-14/h11-13,15H,2-10H2,1H3. The van der Waals surface area contributed by atoms with Gasteiger partial charge in [0.25, 0.3) is 0 Å². The molecule has 3 nitrogen and oxygen atoms in total. The summed E-state index contributed by atoms with van der Waals surface area (Å²) in [4.78, 5) is 0. The fraction of sp³-hybridized carbons (Fsp3) is 1.00. The molecular formula is C14H25NO2. The minimum atomic E-state index is 0.372. The molecule has 0 aromatic carbocycles. The van der Waals surface area contributed by atoms with Gasteiger partial charge in [-0.05, 0) is 32.7 Å². The van der Waals surface area contributed by atoms with E-state index in [0.29, 0.717) is 23.7 Å². The van der Waals surface area contributed by atoms with Gasteiger partial charge < -0.3 is 14.8 Å². The van der Waals surface area contributed by atoms with Crippen LogP contribution in [0.25, 0.3) is 0 Å². The van der Waals surface area contributed by atoms with Crippen molar-refractivity contribution in [2.24, 2.45) is 5.41 Å². The summed E-state index contributed by atoms with van der Waals surface area (Å²) in [6.07, 6.45) is 10.1. The molecule has 3 atom stereocenters. The Bertz CT molecular complexity index is 257. The molecule has 1 N–H and O–H groups in total. The Labute approximate surface area is 104 Å². The van der Waals surface area contributed by atoms with Crippen molar-refractivity contribution < 1.29 is 9.47 Å². The van der Waals surface area contributed by atoms with Crippen LogP contribution in [0.15, 0.2) is 0 Å². The van der Waals surface area contributed by atoms with E-state index in [1.807, 2.05) is 0 Å². The van der Waals surface area contributed by atoms with E-state index in [0.717, 1.165) is 19.6 Å². The van der Waals surface area contributed by atoms with Crippen molar-refractivity contribution >= 4 is 0 Å². The van der Waals surface area contributed by atoms with Crippen molar-refractivity contribution in [3.63, 3.8) is 0 Å². The van der Waals surface area contributed by atoms with Crippen LogP contribution in [0.5, 0.6) is 0 Å². The molecule has 3 aliphatic rings. The molecular weight excluding hydrogens is 214 g/mol. The lowest BCUT2D eigenvalue weighted by atomic mass is 9.55. The molecule has 17 heavy (non-hydrogen) atoms. The summed E-state index contributed by atoms with van der Waals surface area (Å²) in [5.74, 6) is 0. The van der Waals surface area contributed by atoms with E-state index < -0.39 is 0 Å². The van der Waals surface area contributed by atoms with Crippen LogP contribution in [-0.4, -0.2) is 38.5 Å². The number of hydrogen-bond acceptors (Lipinski definition) is 3. The fourth-order valence-electron chi connectivity index (χ4n) is 4.08. The van der Waals surface area contributed by atoms with Crippen LogP contribution in [0.3, 0.4) is 0 Å². The number of hydrogen-bond donors (Lipinski definition) is 1. The Balaban J connectivity index is 1.63. The maximum absolute atomic E-state index is 6.31. The van der Waals surface area contributed by atoms with E-state index in [-0.39, 0.29) is 0 Å². The van der Waals surface area contributed by atoms with Crippen LogP contribution in [0.2, 0.25) is 0 Å². The molecule has 1 heterocycles. The summed E-state index contributed by atoms with van der Waals surface area (Å²) in [7, 11) is 2.11. The van der Waals surface area contributed by atoms with E-state index in [1.165, 1.54) is 38.5 Å². The average Bonchev–Trinajstić information content (AvgIpc) is 2.88. The van der Waals surface area contributed by atoms with E-state index in [9.17, 15) is 0 Å². The van der Waals surface area contributed by atoms with Gasteiger partial charge in [-0.2, -0.15) is 0 Å². The molecule has 0 radical (unpaired) electrons. The van der Waals surface area contributed by atoms with Crippen molar-refractivity contribution in [3.8, 4) is 0 Å². The van der Waals surface area contributed by atoms with E-state index in [1.54, 1.807) is 0 Å². The van der Waals surface area contributed by atoms with Gasteiger partial charge in [-0.3, -0.25) is 0 Å². The van der Waals surface area contributed by atoms with Crippen molar-refractivity contribution in [2.45, 2.75) is 63.2 Å². The minimum absolute atomic E-state index is 0.372. The Morgan fingerprint density at radius 1 is 1.24 bits per heavy atom. The number of rotatable bonds is 3. The van der Waals surface area contributed by atoms with Crippen LogP contribution in [-0.2, 0) is 9.47 Å². The second-order valence-corrected chi connectivity index (χ2v) is 5.98. The highest BCUT2D eigenvalue weighted by molar-refractivity contribution is 5.08. The first-order valence-electron chi connectivity index (χ1n) is 7.25. The zero-order valence-corrected chi connectivity index (χ0v) is 10.9. The predicted molar refractivity (Wildman–Crippen MR) is 67.1 cm³/mol. The molecule has 2 aliphatic carbocycles. The molecule has 1 spiro atoms. The fourth-order valence-corrected chi connectivity index (χ4v) is 4.08. The van der Waals surface area contributed by atoms with Gasteiger partial charge in [0.15, 0.2) is 0 Å². The molecule has 3 heteroatoms. The predicted octanol–water partition coefficient (Wildman–Crippen LogP) is 2.10. The topological polar surface area (TPSA) is 30.5 Å². The molecule has 3 rings (SSSR count). The Morgan fingerprint density at radius 3 is 2.71 bits per heavy atom. The molecule has 1 aliphatic heterocycles. The lowest BCUT2D eigenvalue weighted by Gasteiger charge is -2.58. The SMILES string of the molecule is CNC1CC(OC2CCOC2)C12CCCCC2. The van der Waals surface area contributed by atoms with Crippen LogP contribution < -0.4 is 5.32 Å². The molecule has 3 fully saturated rings. The smallest absolute Gasteiger partial charge is 0.0834 e. The molecule has 0 amide bonds. The second-order valence-electron chi connectivity index (χ2n) is 5.98. The largest absolute Gasteiger partial charge is 0.379 e. The van der Waals surface area contributed by atoms with E-state index >= 15 is 0 Å². The van der Waals surface area contributed by atoms with Gasteiger partial charge >= 0.3 is 0 Å². The summed E-state index contributed by atoms with van der Waals surface area (Å²) in [5, 5.41) is 3.51. The third-order valence-electron chi connectivity index (χ3n) is 5.16. The lowest BCUT2D eigenvalue weighted by molar-refractivity contribution is -0.174. The van der Waals surface area contributed by atoms with Crippen molar-refractivity contribution in [1.29, 1.82) is 0 Å². The minimum Gasteiger partial charge on any atom is -0.379 e.